The molecule has 2 fully saturated rings. The highest BCUT2D eigenvalue weighted by atomic mass is 16.3. The van der Waals surface area contributed by atoms with Crippen LogP contribution < -0.4 is 0 Å². The Bertz CT molecular complexity index is 248. The molecule has 2 aliphatic rings. The fourth-order valence-corrected chi connectivity index (χ4v) is 4.21. The summed E-state index contributed by atoms with van der Waals surface area (Å²) in [5.74, 6) is 0. The molecule has 2 heteroatoms. The summed E-state index contributed by atoms with van der Waals surface area (Å²) in [5.41, 5.74) is 0.853. The van der Waals surface area contributed by atoms with Gasteiger partial charge >= 0.3 is 0 Å². The van der Waals surface area contributed by atoms with E-state index >= 15 is 0 Å². The first-order valence-corrected chi connectivity index (χ1v) is 8.51. The topological polar surface area (TPSA) is 23.5 Å². The Hall–Kier alpha value is -0.0800. The number of aliphatic hydroxyl groups is 1. The second kappa shape index (κ2) is 6.58. The van der Waals surface area contributed by atoms with E-state index in [2.05, 4.69) is 18.7 Å². The second-order valence-corrected chi connectivity index (χ2v) is 7.20. The summed E-state index contributed by atoms with van der Waals surface area (Å²) in [6.07, 6.45) is 12.4. The Morgan fingerprint density at radius 3 is 2.00 bits per heavy atom. The van der Waals surface area contributed by atoms with Gasteiger partial charge in [-0.3, -0.25) is 0 Å². The molecule has 19 heavy (non-hydrogen) atoms. The van der Waals surface area contributed by atoms with Gasteiger partial charge in [-0.25, -0.2) is 0 Å². The molecule has 1 heterocycles. The molecule has 1 saturated carbocycles. The lowest BCUT2D eigenvalue weighted by Crippen LogP contribution is -2.46. The van der Waals surface area contributed by atoms with Crippen LogP contribution >= 0.6 is 0 Å². The summed E-state index contributed by atoms with van der Waals surface area (Å²) in [6, 6.07) is 0. The maximum absolute atomic E-state index is 9.72. The first kappa shape index (κ1) is 15.3. The Labute approximate surface area is 119 Å². The summed E-state index contributed by atoms with van der Waals surface area (Å²) in [4.78, 5) is 2.63. The SMILES string of the molecule is CCC(CC)(CO)CN1CCC2(CCCCC2)CC1. The van der Waals surface area contributed by atoms with Crippen molar-refractivity contribution in [2.45, 2.75) is 71.6 Å². The van der Waals surface area contributed by atoms with E-state index in [-0.39, 0.29) is 5.41 Å². The molecule has 1 aliphatic heterocycles. The van der Waals surface area contributed by atoms with Crippen LogP contribution in [0.1, 0.15) is 71.6 Å². The van der Waals surface area contributed by atoms with Gasteiger partial charge in [0.1, 0.15) is 0 Å². The van der Waals surface area contributed by atoms with E-state index in [0.717, 1.165) is 19.4 Å². The molecule has 0 radical (unpaired) electrons. The predicted molar refractivity (Wildman–Crippen MR) is 81.3 cm³/mol. The quantitative estimate of drug-likeness (QED) is 0.818. The maximum Gasteiger partial charge on any atom is 0.0499 e. The van der Waals surface area contributed by atoms with Gasteiger partial charge in [0.05, 0.1) is 0 Å². The molecule has 0 aromatic carbocycles. The monoisotopic (exact) mass is 267 g/mol. The zero-order valence-electron chi connectivity index (χ0n) is 13.1. The Morgan fingerprint density at radius 2 is 1.53 bits per heavy atom. The first-order chi connectivity index (χ1) is 9.17. The molecule has 0 atom stereocenters. The third-order valence-electron chi connectivity index (χ3n) is 6.23. The van der Waals surface area contributed by atoms with E-state index in [1.54, 1.807) is 0 Å². The van der Waals surface area contributed by atoms with Gasteiger partial charge in [-0.2, -0.15) is 0 Å². The van der Waals surface area contributed by atoms with Crippen molar-refractivity contribution in [3.8, 4) is 0 Å². The number of piperidine rings is 1. The van der Waals surface area contributed by atoms with Crippen LogP contribution in [0.15, 0.2) is 0 Å². The molecule has 1 spiro atoms. The number of hydrogen-bond acceptors (Lipinski definition) is 2. The smallest absolute Gasteiger partial charge is 0.0499 e. The molecule has 0 bridgehead atoms. The standard InChI is InChI=1S/C17H33NO/c1-3-16(4-2,15-19)14-18-12-10-17(11-13-18)8-6-5-7-9-17/h19H,3-15H2,1-2H3. The van der Waals surface area contributed by atoms with Gasteiger partial charge in [0, 0.05) is 18.6 Å². The van der Waals surface area contributed by atoms with E-state index in [0.29, 0.717) is 12.0 Å². The largest absolute Gasteiger partial charge is 0.396 e. The molecule has 1 N–H and O–H groups in total. The van der Waals surface area contributed by atoms with Gasteiger partial charge < -0.3 is 10.0 Å². The lowest BCUT2D eigenvalue weighted by molar-refractivity contribution is 0.0179. The van der Waals surface area contributed by atoms with E-state index in [1.807, 2.05) is 0 Å². The first-order valence-electron chi connectivity index (χ1n) is 8.51. The van der Waals surface area contributed by atoms with E-state index in [1.165, 1.54) is 58.0 Å². The minimum absolute atomic E-state index is 0.150. The van der Waals surface area contributed by atoms with Crippen molar-refractivity contribution >= 4 is 0 Å². The zero-order valence-corrected chi connectivity index (χ0v) is 13.1. The van der Waals surface area contributed by atoms with Crippen LogP contribution in [0, 0.1) is 10.8 Å². The Kier molecular flexibility index (Phi) is 5.30. The summed E-state index contributed by atoms with van der Waals surface area (Å²) >= 11 is 0. The minimum Gasteiger partial charge on any atom is -0.396 e. The van der Waals surface area contributed by atoms with Crippen LogP contribution in [0.3, 0.4) is 0 Å². The minimum atomic E-state index is 0.150. The lowest BCUT2D eigenvalue weighted by Gasteiger charge is -2.46. The number of aliphatic hydroxyl groups excluding tert-OH is 1. The highest BCUT2D eigenvalue weighted by Crippen LogP contribution is 2.45. The van der Waals surface area contributed by atoms with Gasteiger partial charge in [0.2, 0.25) is 0 Å². The lowest BCUT2D eigenvalue weighted by atomic mass is 9.68. The van der Waals surface area contributed by atoms with E-state index in [9.17, 15) is 5.11 Å². The van der Waals surface area contributed by atoms with Crippen molar-refractivity contribution < 1.29 is 5.11 Å². The van der Waals surface area contributed by atoms with Crippen molar-refractivity contribution in [3.63, 3.8) is 0 Å². The van der Waals surface area contributed by atoms with Crippen LogP contribution in [0.4, 0.5) is 0 Å². The van der Waals surface area contributed by atoms with Gasteiger partial charge in [-0.05, 0) is 57.0 Å². The average molecular weight is 267 g/mol. The van der Waals surface area contributed by atoms with Gasteiger partial charge in [-0.15, -0.1) is 0 Å². The summed E-state index contributed by atoms with van der Waals surface area (Å²) < 4.78 is 0. The fourth-order valence-electron chi connectivity index (χ4n) is 4.21. The van der Waals surface area contributed by atoms with Crippen LogP contribution in [0.25, 0.3) is 0 Å². The van der Waals surface area contributed by atoms with Gasteiger partial charge in [0.15, 0.2) is 0 Å². The highest BCUT2D eigenvalue weighted by molar-refractivity contribution is 4.90. The van der Waals surface area contributed by atoms with Crippen LogP contribution in [-0.4, -0.2) is 36.2 Å². The number of likely N-dealkylation sites (tertiary alicyclic amines) is 1. The van der Waals surface area contributed by atoms with Crippen molar-refractivity contribution in [1.29, 1.82) is 0 Å². The fraction of sp³-hybridized carbons (Fsp3) is 1.00. The van der Waals surface area contributed by atoms with Gasteiger partial charge in [-0.1, -0.05) is 33.1 Å². The third kappa shape index (κ3) is 3.52. The molecule has 2 nitrogen and oxygen atoms in total. The van der Waals surface area contributed by atoms with E-state index < -0.39 is 0 Å². The molecule has 1 saturated heterocycles. The summed E-state index contributed by atoms with van der Waals surface area (Å²) in [5, 5.41) is 9.72. The maximum atomic E-state index is 9.72. The van der Waals surface area contributed by atoms with Crippen LogP contribution in [0.5, 0.6) is 0 Å². The van der Waals surface area contributed by atoms with Crippen LogP contribution in [-0.2, 0) is 0 Å². The molecule has 2 rings (SSSR count). The van der Waals surface area contributed by atoms with Crippen molar-refractivity contribution in [3.05, 3.63) is 0 Å². The molecular formula is C17H33NO. The Morgan fingerprint density at radius 1 is 0.947 bits per heavy atom. The third-order valence-corrected chi connectivity index (χ3v) is 6.23. The van der Waals surface area contributed by atoms with Crippen molar-refractivity contribution in [1.82, 2.24) is 4.90 Å². The van der Waals surface area contributed by atoms with Gasteiger partial charge in [0.25, 0.3) is 0 Å². The zero-order chi connectivity index (χ0) is 13.8. The highest BCUT2D eigenvalue weighted by Gasteiger charge is 2.37. The molecule has 1 aliphatic carbocycles. The van der Waals surface area contributed by atoms with Crippen molar-refractivity contribution in [2.75, 3.05) is 26.2 Å². The molecule has 112 valence electrons. The number of hydrogen-bond donors (Lipinski definition) is 1. The normalized spacial score (nSPS) is 24.8. The van der Waals surface area contributed by atoms with Crippen molar-refractivity contribution in [2.24, 2.45) is 10.8 Å². The summed E-state index contributed by atoms with van der Waals surface area (Å²) in [6.45, 7) is 8.44. The molecule has 0 aromatic rings. The number of nitrogens with zero attached hydrogens (tertiary/aromatic N) is 1. The molecule has 0 unspecified atom stereocenters. The summed E-state index contributed by atoms with van der Waals surface area (Å²) in [7, 11) is 0. The molecule has 0 aromatic heterocycles. The van der Waals surface area contributed by atoms with E-state index in [4.69, 9.17) is 0 Å². The number of rotatable bonds is 5. The Balaban J connectivity index is 1.85. The van der Waals surface area contributed by atoms with Crippen LogP contribution in [0.2, 0.25) is 0 Å². The predicted octanol–water partition coefficient (Wildman–Crippen LogP) is 3.83. The second-order valence-electron chi connectivity index (χ2n) is 7.20. The molecule has 0 amide bonds. The average Bonchev–Trinajstić information content (AvgIpc) is 2.48. The molecular weight excluding hydrogens is 234 g/mol.